The second-order valence-corrected chi connectivity index (χ2v) is 7.78. The number of sulfonamides is 1. The Bertz CT molecular complexity index is 807. The van der Waals surface area contributed by atoms with Gasteiger partial charge in [0.15, 0.2) is 0 Å². The maximum absolute atomic E-state index is 11.7. The van der Waals surface area contributed by atoms with E-state index in [0.717, 1.165) is 36.0 Å². The SMILES string of the molecule is CCN(C=NCCc1c[nH]c2ccc(N(C)S(C)(=O)=O)cc12)CC. The minimum Gasteiger partial charge on any atom is -0.364 e. The number of H-pyrrole nitrogens is 1. The first-order valence-electron chi connectivity index (χ1n) is 8.14. The zero-order valence-electron chi connectivity index (χ0n) is 14.8. The third kappa shape index (κ3) is 4.29. The summed E-state index contributed by atoms with van der Waals surface area (Å²) in [6, 6.07) is 5.63. The lowest BCUT2D eigenvalue weighted by Gasteiger charge is -2.16. The van der Waals surface area contributed by atoms with Crippen molar-refractivity contribution in [3.63, 3.8) is 0 Å². The van der Waals surface area contributed by atoms with Gasteiger partial charge in [-0.25, -0.2) is 8.42 Å². The monoisotopic (exact) mass is 350 g/mol. The molecule has 0 radical (unpaired) electrons. The Hall–Kier alpha value is -2.02. The van der Waals surface area contributed by atoms with E-state index in [0.29, 0.717) is 12.2 Å². The van der Waals surface area contributed by atoms with Crippen molar-refractivity contribution in [2.75, 3.05) is 37.2 Å². The predicted molar refractivity (Wildman–Crippen MR) is 102 cm³/mol. The number of hydrogen-bond donors (Lipinski definition) is 1. The molecule has 6 nitrogen and oxygen atoms in total. The van der Waals surface area contributed by atoms with Gasteiger partial charge in [-0.1, -0.05) is 0 Å². The molecule has 1 aromatic carbocycles. The molecule has 24 heavy (non-hydrogen) atoms. The maximum Gasteiger partial charge on any atom is 0.231 e. The third-order valence-electron chi connectivity index (χ3n) is 4.18. The molecule has 0 spiro atoms. The molecular formula is C17H26N4O2S. The molecule has 1 heterocycles. The molecule has 0 aliphatic heterocycles. The van der Waals surface area contributed by atoms with Gasteiger partial charge in [-0.05, 0) is 44.0 Å². The van der Waals surface area contributed by atoms with Crippen LogP contribution in [0, 0.1) is 0 Å². The van der Waals surface area contributed by atoms with Crippen LogP contribution in [-0.4, -0.2) is 57.6 Å². The minimum atomic E-state index is -3.26. The largest absolute Gasteiger partial charge is 0.364 e. The second-order valence-electron chi connectivity index (χ2n) is 5.77. The molecule has 0 atom stereocenters. The predicted octanol–water partition coefficient (Wildman–Crippen LogP) is 2.48. The Morgan fingerprint density at radius 1 is 1.25 bits per heavy atom. The van der Waals surface area contributed by atoms with Crippen LogP contribution in [0.4, 0.5) is 5.69 Å². The van der Waals surface area contributed by atoms with E-state index in [1.807, 2.05) is 30.7 Å². The number of aromatic amines is 1. The van der Waals surface area contributed by atoms with Gasteiger partial charge in [0.1, 0.15) is 0 Å². The van der Waals surface area contributed by atoms with Gasteiger partial charge in [0.05, 0.1) is 18.3 Å². The van der Waals surface area contributed by atoms with Crippen LogP contribution in [0.1, 0.15) is 19.4 Å². The van der Waals surface area contributed by atoms with Gasteiger partial charge in [0.2, 0.25) is 10.0 Å². The summed E-state index contributed by atoms with van der Waals surface area (Å²) in [5.41, 5.74) is 2.81. The van der Waals surface area contributed by atoms with E-state index in [-0.39, 0.29) is 0 Å². The zero-order valence-corrected chi connectivity index (χ0v) is 15.6. The summed E-state index contributed by atoms with van der Waals surface area (Å²) < 4.78 is 24.7. The summed E-state index contributed by atoms with van der Waals surface area (Å²) in [4.78, 5) is 9.85. The zero-order chi connectivity index (χ0) is 17.7. The summed E-state index contributed by atoms with van der Waals surface area (Å²) in [6.45, 7) is 6.82. The molecule has 2 aromatic rings. The normalized spacial score (nSPS) is 12.2. The van der Waals surface area contributed by atoms with Crippen molar-refractivity contribution < 1.29 is 8.42 Å². The number of anilines is 1. The topological polar surface area (TPSA) is 68.8 Å². The molecule has 0 saturated heterocycles. The number of nitrogens with one attached hydrogen (secondary N) is 1. The molecule has 0 amide bonds. The number of aromatic nitrogens is 1. The average Bonchev–Trinajstić information content (AvgIpc) is 2.95. The highest BCUT2D eigenvalue weighted by Gasteiger charge is 2.13. The van der Waals surface area contributed by atoms with Crippen molar-refractivity contribution in [2.45, 2.75) is 20.3 Å². The first-order chi connectivity index (χ1) is 11.4. The molecule has 0 aliphatic carbocycles. The molecule has 0 unspecified atom stereocenters. The number of benzene rings is 1. The highest BCUT2D eigenvalue weighted by Crippen LogP contribution is 2.25. The number of rotatable bonds is 8. The highest BCUT2D eigenvalue weighted by molar-refractivity contribution is 7.92. The average molecular weight is 350 g/mol. The van der Waals surface area contributed by atoms with Gasteiger partial charge in [0.25, 0.3) is 0 Å². The molecule has 1 aromatic heterocycles. The second kappa shape index (κ2) is 7.70. The Kier molecular flexibility index (Phi) is 5.88. The third-order valence-corrected chi connectivity index (χ3v) is 5.39. The van der Waals surface area contributed by atoms with Crippen LogP contribution < -0.4 is 4.31 Å². The van der Waals surface area contributed by atoms with E-state index in [1.54, 1.807) is 7.05 Å². The molecule has 1 N–H and O–H groups in total. The van der Waals surface area contributed by atoms with Crippen molar-refractivity contribution in [3.05, 3.63) is 30.0 Å². The standard InChI is InChI=1S/C17H26N4O2S/c1-5-21(6-2)13-18-10-9-14-12-19-17-8-7-15(11-16(14)17)20(3)24(4,22)23/h7-8,11-13,19H,5-6,9-10H2,1-4H3. The molecular weight excluding hydrogens is 324 g/mol. The van der Waals surface area contributed by atoms with Gasteiger partial charge in [-0.2, -0.15) is 0 Å². The van der Waals surface area contributed by atoms with Gasteiger partial charge >= 0.3 is 0 Å². The van der Waals surface area contributed by atoms with Gasteiger partial charge < -0.3 is 9.88 Å². The Balaban J connectivity index is 2.17. The highest BCUT2D eigenvalue weighted by atomic mass is 32.2. The first-order valence-corrected chi connectivity index (χ1v) is 9.99. The van der Waals surface area contributed by atoms with E-state index < -0.39 is 10.0 Å². The van der Waals surface area contributed by atoms with Crippen LogP contribution in [-0.2, 0) is 16.4 Å². The van der Waals surface area contributed by atoms with E-state index >= 15 is 0 Å². The van der Waals surface area contributed by atoms with E-state index in [4.69, 9.17) is 0 Å². The fraction of sp³-hybridized carbons (Fsp3) is 0.471. The van der Waals surface area contributed by atoms with E-state index in [9.17, 15) is 8.42 Å². The van der Waals surface area contributed by atoms with Crippen molar-refractivity contribution in [1.29, 1.82) is 0 Å². The molecule has 2 rings (SSSR count). The summed E-state index contributed by atoms with van der Waals surface area (Å²) >= 11 is 0. The molecule has 7 heteroatoms. The number of fused-ring (bicyclic) bond motifs is 1. The van der Waals surface area contributed by atoms with Crippen molar-refractivity contribution in [2.24, 2.45) is 4.99 Å². The molecule has 0 fully saturated rings. The van der Waals surface area contributed by atoms with Crippen LogP contribution >= 0.6 is 0 Å². The van der Waals surface area contributed by atoms with Crippen LogP contribution in [0.5, 0.6) is 0 Å². The Morgan fingerprint density at radius 3 is 2.58 bits per heavy atom. The summed E-state index contributed by atoms with van der Waals surface area (Å²) in [5, 5.41) is 1.04. The minimum absolute atomic E-state index is 0.664. The van der Waals surface area contributed by atoms with Gasteiger partial charge in [-0.15, -0.1) is 0 Å². The fourth-order valence-corrected chi connectivity index (χ4v) is 3.00. The first kappa shape index (κ1) is 18.3. The maximum atomic E-state index is 11.7. The van der Waals surface area contributed by atoms with Crippen molar-refractivity contribution in [1.82, 2.24) is 9.88 Å². The summed E-state index contributed by atoms with van der Waals surface area (Å²) in [5.74, 6) is 0. The smallest absolute Gasteiger partial charge is 0.231 e. The molecule has 0 aliphatic rings. The Labute approximate surface area is 144 Å². The van der Waals surface area contributed by atoms with Crippen LogP contribution in [0.3, 0.4) is 0 Å². The molecule has 0 saturated carbocycles. The van der Waals surface area contributed by atoms with E-state index in [1.165, 1.54) is 10.6 Å². The van der Waals surface area contributed by atoms with Gasteiger partial charge in [0, 0.05) is 43.8 Å². The summed E-state index contributed by atoms with van der Waals surface area (Å²) in [7, 11) is -1.70. The number of hydrogen-bond acceptors (Lipinski definition) is 3. The molecule has 0 bridgehead atoms. The van der Waals surface area contributed by atoms with Gasteiger partial charge in [-0.3, -0.25) is 9.30 Å². The molecule has 132 valence electrons. The lowest BCUT2D eigenvalue weighted by molar-refractivity contribution is 0.478. The lowest BCUT2D eigenvalue weighted by atomic mass is 10.1. The quantitative estimate of drug-likeness (QED) is 0.587. The Morgan fingerprint density at radius 2 is 1.96 bits per heavy atom. The van der Waals surface area contributed by atoms with Crippen molar-refractivity contribution >= 4 is 33.0 Å². The summed E-state index contributed by atoms with van der Waals surface area (Å²) in [6.07, 6.45) is 5.89. The fourth-order valence-electron chi connectivity index (χ4n) is 2.51. The van der Waals surface area contributed by atoms with Crippen LogP contribution in [0.15, 0.2) is 29.4 Å². The number of aliphatic imine (C=N–C) groups is 1. The van der Waals surface area contributed by atoms with Crippen LogP contribution in [0.25, 0.3) is 10.9 Å². The van der Waals surface area contributed by atoms with E-state index in [2.05, 4.69) is 28.7 Å². The lowest BCUT2D eigenvalue weighted by Crippen LogP contribution is -2.24. The number of nitrogens with zero attached hydrogens (tertiary/aromatic N) is 3. The van der Waals surface area contributed by atoms with Crippen LogP contribution in [0.2, 0.25) is 0 Å². The van der Waals surface area contributed by atoms with Crippen molar-refractivity contribution in [3.8, 4) is 0 Å².